The predicted molar refractivity (Wildman–Crippen MR) is 74.2 cm³/mol. The number of carbonyl (C=O) groups is 1. The normalized spacial score (nSPS) is 10.6. The van der Waals surface area contributed by atoms with Crippen LogP contribution in [0.1, 0.15) is 28.5 Å². The number of rotatable bonds is 5. The van der Waals surface area contributed by atoms with Gasteiger partial charge in [-0.3, -0.25) is 4.79 Å². The summed E-state index contributed by atoms with van der Waals surface area (Å²) in [4.78, 5) is 11.0. The van der Waals surface area contributed by atoms with Gasteiger partial charge in [0, 0.05) is 12.7 Å². The molecule has 19 heavy (non-hydrogen) atoms. The molecule has 0 radical (unpaired) electrons. The highest BCUT2D eigenvalue weighted by Gasteiger charge is 2.08. The van der Waals surface area contributed by atoms with Gasteiger partial charge in [-0.05, 0) is 36.7 Å². The largest absolute Gasteiger partial charge is 0.364 e. The van der Waals surface area contributed by atoms with Gasteiger partial charge >= 0.3 is 0 Å². The molecule has 2 rings (SSSR count). The number of aromatic nitrogens is 2. The van der Waals surface area contributed by atoms with Crippen LogP contribution in [-0.2, 0) is 6.54 Å². The summed E-state index contributed by atoms with van der Waals surface area (Å²) in [5.41, 5.74) is 8.76. The van der Waals surface area contributed by atoms with Gasteiger partial charge < -0.3 is 11.1 Å². The highest BCUT2D eigenvalue weighted by molar-refractivity contribution is 5.90. The number of nitrogens with one attached hydrogen (secondary N) is 1. The maximum absolute atomic E-state index is 11.0. The van der Waals surface area contributed by atoms with Gasteiger partial charge in [0.15, 0.2) is 0 Å². The molecule has 2 aromatic rings. The van der Waals surface area contributed by atoms with Crippen LogP contribution in [-0.4, -0.2) is 22.2 Å². The summed E-state index contributed by atoms with van der Waals surface area (Å²) < 4.78 is 1.67. The first-order valence-electron chi connectivity index (χ1n) is 6.28. The maximum atomic E-state index is 11.0. The number of nitrogens with two attached hydrogens (primary N) is 1. The van der Waals surface area contributed by atoms with Gasteiger partial charge in [0.1, 0.15) is 5.69 Å². The summed E-state index contributed by atoms with van der Waals surface area (Å²) in [6.07, 6.45) is 1.74. The molecule has 0 saturated carbocycles. The Hall–Kier alpha value is -2.14. The first kappa shape index (κ1) is 13.3. The van der Waals surface area contributed by atoms with E-state index in [-0.39, 0.29) is 5.69 Å². The number of carbonyl (C=O) groups excluding carboxylic acids is 1. The third-order valence-corrected chi connectivity index (χ3v) is 2.93. The molecular weight excluding hydrogens is 240 g/mol. The molecule has 0 fully saturated rings. The summed E-state index contributed by atoms with van der Waals surface area (Å²) >= 11 is 0. The van der Waals surface area contributed by atoms with Gasteiger partial charge in [0.25, 0.3) is 5.91 Å². The van der Waals surface area contributed by atoms with E-state index in [0.717, 1.165) is 24.3 Å². The van der Waals surface area contributed by atoms with E-state index >= 15 is 0 Å². The zero-order valence-corrected chi connectivity index (χ0v) is 11.2. The van der Waals surface area contributed by atoms with E-state index in [9.17, 15) is 4.79 Å². The average Bonchev–Trinajstić information content (AvgIpc) is 2.86. The Balaban J connectivity index is 2.26. The number of aryl methyl sites for hydroxylation is 1. The number of benzene rings is 1. The van der Waals surface area contributed by atoms with Crippen molar-refractivity contribution < 1.29 is 4.79 Å². The molecule has 0 aliphatic rings. The molecule has 5 heteroatoms. The molecule has 3 N–H and O–H groups in total. The Kier molecular flexibility index (Phi) is 3.97. The minimum Gasteiger partial charge on any atom is -0.364 e. The van der Waals surface area contributed by atoms with Gasteiger partial charge in [-0.15, -0.1) is 0 Å². The van der Waals surface area contributed by atoms with Crippen molar-refractivity contribution in [2.45, 2.75) is 20.4 Å². The van der Waals surface area contributed by atoms with Crippen molar-refractivity contribution in [2.24, 2.45) is 5.73 Å². The van der Waals surface area contributed by atoms with Crippen LogP contribution in [0.15, 0.2) is 30.5 Å². The van der Waals surface area contributed by atoms with Crippen LogP contribution in [0.2, 0.25) is 0 Å². The zero-order valence-electron chi connectivity index (χ0n) is 11.2. The fourth-order valence-electron chi connectivity index (χ4n) is 1.94. The summed E-state index contributed by atoms with van der Waals surface area (Å²) in [7, 11) is 0. The third-order valence-electron chi connectivity index (χ3n) is 2.93. The lowest BCUT2D eigenvalue weighted by molar-refractivity contribution is 0.0995. The van der Waals surface area contributed by atoms with E-state index in [1.54, 1.807) is 16.9 Å². The van der Waals surface area contributed by atoms with E-state index in [1.165, 1.54) is 5.56 Å². The molecule has 0 bridgehead atoms. The van der Waals surface area contributed by atoms with Gasteiger partial charge in [0.05, 0.1) is 5.69 Å². The summed E-state index contributed by atoms with van der Waals surface area (Å²) in [6, 6.07) is 7.79. The van der Waals surface area contributed by atoms with Crippen molar-refractivity contribution >= 4 is 5.91 Å². The molecule has 0 aliphatic carbocycles. The van der Waals surface area contributed by atoms with Gasteiger partial charge in [-0.25, -0.2) is 4.68 Å². The van der Waals surface area contributed by atoms with Crippen LogP contribution in [0.5, 0.6) is 0 Å². The summed E-state index contributed by atoms with van der Waals surface area (Å²) in [6.45, 7) is 5.90. The smallest absolute Gasteiger partial charge is 0.269 e. The molecule has 5 nitrogen and oxygen atoms in total. The summed E-state index contributed by atoms with van der Waals surface area (Å²) in [5, 5.41) is 7.45. The van der Waals surface area contributed by atoms with E-state index in [2.05, 4.69) is 29.5 Å². The highest BCUT2D eigenvalue weighted by Crippen LogP contribution is 2.15. The van der Waals surface area contributed by atoms with E-state index in [1.807, 2.05) is 13.0 Å². The van der Waals surface area contributed by atoms with Crippen LogP contribution in [0.4, 0.5) is 0 Å². The lowest BCUT2D eigenvalue weighted by Gasteiger charge is -2.09. The quantitative estimate of drug-likeness (QED) is 0.851. The van der Waals surface area contributed by atoms with Crippen molar-refractivity contribution in [3.05, 3.63) is 47.3 Å². The molecule has 0 spiro atoms. The van der Waals surface area contributed by atoms with Crippen LogP contribution < -0.4 is 11.1 Å². The van der Waals surface area contributed by atoms with Gasteiger partial charge in [-0.2, -0.15) is 5.10 Å². The zero-order chi connectivity index (χ0) is 13.8. The van der Waals surface area contributed by atoms with Crippen LogP contribution >= 0.6 is 0 Å². The minimum absolute atomic E-state index is 0.274. The first-order valence-corrected chi connectivity index (χ1v) is 6.28. The lowest BCUT2D eigenvalue weighted by atomic mass is 10.1. The second-order valence-electron chi connectivity index (χ2n) is 4.41. The molecule has 1 heterocycles. The Morgan fingerprint density at radius 3 is 2.79 bits per heavy atom. The predicted octanol–water partition coefficient (Wildman–Crippen LogP) is 1.39. The molecule has 1 aromatic heterocycles. The second-order valence-corrected chi connectivity index (χ2v) is 4.41. The molecule has 0 saturated heterocycles. The topological polar surface area (TPSA) is 72.9 Å². The van der Waals surface area contributed by atoms with Gasteiger partial charge in [0.2, 0.25) is 0 Å². The van der Waals surface area contributed by atoms with Crippen molar-refractivity contribution in [1.82, 2.24) is 15.1 Å². The second kappa shape index (κ2) is 5.67. The number of hydrogen-bond acceptors (Lipinski definition) is 3. The first-order chi connectivity index (χ1) is 9.11. The SMILES string of the molecule is CCNCc1ccc(-n2ccc(C(N)=O)n2)c(C)c1. The standard InChI is InChI=1S/C14H18N4O/c1-3-16-9-11-4-5-13(10(2)8-11)18-7-6-12(17-18)14(15)19/h4-8,16H,3,9H2,1-2H3,(H2,15,19). The van der Waals surface area contributed by atoms with Crippen LogP contribution in [0.3, 0.4) is 0 Å². The van der Waals surface area contributed by atoms with Crippen molar-refractivity contribution in [1.29, 1.82) is 0 Å². The van der Waals surface area contributed by atoms with E-state index < -0.39 is 5.91 Å². The van der Waals surface area contributed by atoms with Crippen molar-refractivity contribution in [3.63, 3.8) is 0 Å². The van der Waals surface area contributed by atoms with Crippen LogP contribution in [0.25, 0.3) is 5.69 Å². The molecule has 0 aliphatic heterocycles. The Morgan fingerprint density at radius 1 is 1.42 bits per heavy atom. The number of nitrogens with zero attached hydrogens (tertiary/aromatic N) is 2. The van der Waals surface area contributed by atoms with Crippen molar-refractivity contribution in [2.75, 3.05) is 6.54 Å². The third kappa shape index (κ3) is 3.00. The van der Waals surface area contributed by atoms with Crippen molar-refractivity contribution in [3.8, 4) is 5.69 Å². The molecule has 1 amide bonds. The Bertz CT molecular complexity index is 589. The molecular formula is C14H18N4O. The monoisotopic (exact) mass is 258 g/mol. The number of primary amides is 1. The Labute approximate surface area is 112 Å². The average molecular weight is 258 g/mol. The fraction of sp³-hybridized carbons (Fsp3) is 0.286. The van der Waals surface area contributed by atoms with E-state index in [4.69, 9.17) is 5.73 Å². The summed E-state index contributed by atoms with van der Waals surface area (Å²) in [5.74, 6) is -0.514. The molecule has 0 atom stereocenters. The fourth-order valence-corrected chi connectivity index (χ4v) is 1.94. The van der Waals surface area contributed by atoms with E-state index in [0.29, 0.717) is 0 Å². The van der Waals surface area contributed by atoms with Gasteiger partial charge in [-0.1, -0.05) is 19.1 Å². The van der Waals surface area contributed by atoms with Crippen LogP contribution in [0, 0.1) is 6.92 Å². The number of amides is 1. The number of hydrogen-bond donors (Lipinski definition) is 2. The molecule has 100 valence electrons. The minimum atomic E-state index is -0.514. The molecule has 0 unspecified atom stereocenters. The molecule has 1 aromatic carbocycles. The highest BCUT2D eigenvalue weighted by atomic mass is 16.1. The maximum Gasteiger partial charge on any atom is 0.269 e. The Morgan fingerprint density at radius 2 is 2.21 bits per heavy atom. The lowest BCUT2D eigenvalue weighted by Crippen LogP contribution is -2.13.